The Kier molecular flexibility index (Phi) is 3.11. The topological polar surface area (TPSA) is 52.7 Å². The molecule has 1 rings (SSSR count). The van der Waals surface area contributed by atoms with E-state index in [0.717, 1.165) is 0 Å². The Labute approximate surface area is 77.7 Å². The summed E-state index contributed by atoms with van der Waals surface area (Å²) in [4.78, 5) is 25.3. The fraction of sp³-hybridized carbons (Fsp3) is 0.625. The maximum atomic E-state index is 11.1. The number of carbonyl (C=O) groups excluding carboxylic acids is 2. The van der Waals surface area contributed by atoms with Crippen LogP contribution in [0, 0.1) is 6.92 Å². The maximum Gasteiger partial charge on any atom is 0.317 e. The quantitative estimate of drug-likeness (QED) is 0.541. The van der Waals surface area contributed by atoms with Crippen molar-refractivity contribution < 1.29 is 9.59 Å². The molecule has 13 heavy (non-hydrogen) atoms. The molecule has 0 saturated carbocycles. The van der Waals surface area contributed by atoms with Gasteiger partial charge in [-0.15, -0.1) is 0 Å². The predicted octanol–water partition coefficient (Wildman–Crippen LogP) is -0.696. The first-order valence-corrected chi connectivity index (χ1v) is 4.22. The number of hydrogen-bond donors (Lipinski definition) is 1. The van der Waals surface area contributed by atoms with Crippen LogP contribution in [0.4, 0.5) is 4.79 Å². The zero-order valence-corrected chi connectivity index (χ0v) is 7.75. The van der Waals surface area contributed by atoms with E-state index in [1.165, 1.54) is 0 Å². The smallest absolute Gasteiger partial charge is 0.317 e. The minimum absolute atomic E-state index is 0.0869. The van der Waals surface area contributed by atoms with Gasteiger partial charge in [-0.1, -0.05) is 0 Å². The first-order valence-electron chi connectivity index (χ1n) is 4.22. The third-order valence-electron chi connectivity index (χ3n) is 2.13. The minimum atomic E-state index is -0.170. The molecule has 0 bridgehead atoms. The Bertz CT molecular complexity index is 209. The van der Waals surface area contributed by atoms with Crippen LogP contribution in [0.1, 0.15) is 0 Å². The molecule has 1 radical (unpaired) electrons. The van der Waals surface area contributed by atoms with Crippen LogP contribution in [0.25, 0.3) is 0 Å². The highest BCUT2D eigenvalue weighted by Gasteiger charge is 2.21. The largest absolute Gasteiger partial charge is 0.341 e. The lowest BCUT2D eigenvalue weighted by molar-refractivity contribution is -0.127. The Balaban J connectivity index is 2.39. The molecule has 1 fully saturated rings. The first-order chi connectivity index (χ1) is 6.15. The third-order valence-corrected chi connectivity index (χ3v) is 2.13. The molecule has 0 aliphatic carbocycles. The van der Waals surface area contributed by atoms with Crippen molar-refractivity contribution in [3.8, 4) is 0 Å². The van der Waals surface area contributed by atoms with Gasteiger partial charge >= 0.3 is 6.03 Å². The average Bonchev–Trinajstić information content (AvgIpc) is 2.17. The van der Waals surface area contributed by atoms with Gasteiger partial charge in [0.1, 0.15) is 0 Å². The molecule has 1 heterocycles. The van der Waals surface area contributed by atoms with E-state index in [2.05, 4.69) is 12.2 Å². The van der Waals surface area contributed by atoms with E-state index in [1.807, 2.05) is 0 Å². The Morgan fingerprint density at radius 1 is 1.15 bits per heavy atom. The van der Waals surface area contributed by atoms with Gasteiger partial charge in [0, 0.05) is 40.2 Å². The zero-order valence-electron chi connectivity index (χ0n) is 7.75. The highest BCUT2D eigenvalue weighted by atomic mass is 16.2. The van der Waals surface area contributed by atoms with Gasteiger partial charge in [-0.3, -0.25) is 4.79 Å². The van der Waals surface area contributed by atoms with Crippen molar-refractivity contribution in [1.29, 1.82) is 0 Å². The highest BCUT2D eigenvalue weighted by molar-refractivity contribution is 5.80. The lowest BCUT2D eigenvalue weighted by atomic mass is 10.3. The second-order valence-electron chi connectivity index (χ2n) is 2.92. The summed E-state index contributed by atoms with van der Waals surface area (Å²) < 4.78 is 0. The van der Waals surface area contributed by atoms with Crippen LogP contribution in [-0.4, -0.2) is 55.0 Å². The monoisotopic (exact) mass is 184 g/mol. The molecular weight excluding hydrogens is 170 g/mol. The van der Waals surface area contributed by atoms with E-state index < -0.39 is 0 Å². The van der Waals surface area contributed by atoms with Gasteiger partial charge in [-0.2, -0.15) is 0 Å². The third kappa shape index (κ3) is 2.34. The number of hydrogen-bond acceptors (Lipinski definition) is 2. The lowest BCUT2D eigenvalue weighted by Gasteiger charge is -2.33. The summed E-state index contributed by atoms with van der Waals surface area (Å²) in [5.74, 6) is -0.170. The van der Waals surface area contributed by atoms with E-state index in [0.29, 0.717) is 26.2 Å². The summed E-state index contributed by atoms with van der Waals surface area (Å²) in [7, 11) is 1.60. The van der Waals surface area contributed by atoms with Gasteiger partial charge in [-0.25, -0.2) is 4.79 Å². The number of nitrogens with one attached hydrogen (secondary N) is 1. The van der Waals surface area contributed by atoms with Crippen LogP contribution in [0.2, 0.25) is 0 Å². The summed E-state index contributed by atoms with van der Waals surface area (Å²) in [6.07, 6.45) is 0. The SMILES string of the molecule is [CH2]C(=O)N1CCN(C(=O)NC)CC1. The Morgan fingerprint density at radius 2 is 1.62 bits per heavy atom. The number of urea groups is 1. The van der Waals surface area contributed by atoms with E-state index in [1.54, 1.807) is 16.8 Å². The van der Waals surface area contributed by atoms with Crippen LogP contribution in [-0.2, 0) is 4.79 Å². The molecule has 1 saturated heterocycles. The fourth-order valence-corrected chi connectivity index (χ4v) is 1.32. The molecule has 73 valence electrons. The van der Waals surface area contributed by atoms with Gasteiger partial charge in [-0.05, 0) is 0 Å². The van der Waals surface area contributed by atoms with Crippen molar-refractivity contribution in [1.82, 2.24) is 15.1 Å². The van der Waals surface area contributed by atoms with Crippen molar-refractivity contribution in [3.63, 3.8) is 0 Å². The molecule has 5 nitrogen and oxygen atoms in total. The van der Waals surface area contributed by atoms with E-state index in [9.17, 15) is 9.59 Å². The second-order valence-corrected chi connectivity index (χ2v) is 2.92. The molecule has 5 heteroatoms. The van der Waals surface area contributed by atoms with Gasteiger partial charge in [0.25, 0.3) is 0 Å². The van der Waals surface area contributed by atoms with Gasteiger partial charge in [0.2, 0.25) is 5.91 Å². The standard InChI is InChI=1S/C8H14N3O2/c1-7(12)10-3-5-11(6-4-10)8(13)9-2/h1,3-6H2,2H3,(H,9,13). The molecule has 1 N–H and O–H groups in total. The Hall–Kier alpha value is -1.26. The van der Waals surface area contributed by atoms with Crippen LogP contribution in [0.3, 0.4) is 0 Å². The number of rotatable bonds is 0. The minimum Gasteiger partial charge on any atom is -0.341 e. The number of carbonyl (C=O) groups is 2. The Morgan fingerprint density at radius 3 is 2.00 bits per heavy atom. The number of amides is 3. The lowest BCUT2D eigenvalue weighted by Crippen LogP contribution is -2.52. The zero-order chi connectivity index (χ0) is 9.84. The first kappa shape index (κ1) is 9.83. The van der Waals surface area contributed by atoms with Crippen LogP contribution in [0.5, 0.6) is 0 Å². The molecular formula is C8H14N3O2. The van der Waals surface area contributed by atoms with Crippen molar-refractivity contribution >= 4 is 11.9 Å². The number of piperazine rings is 1. The molecule has 0 unspecified atom stereocenters. The maximum absolute atomic E-state index is 11.1. The van der Waals surface area contributed by atoms with Crippen LogP contribution in [0.15, 0.2) is 0 Å². The number of nitrogens with zero attached hydrogens (tertiary/aromatic N) is 2. The van der Waals surface area contributed by atoms with E-state index >= 15 is 0 Å². The summed E-state index contributed by atoms with van der Waals surface area (Å²) >= 11 is 0. The molecule has 1 aliphatic rings. The normalized spacial score (nSPS) is 17.1. The molecule has 0 atom stereocenters. The molecule has 0 aromatic rings. The van der Waals surface area contributed by atoms with E-state index in [-0.39, 0.29) is 11.9 Å². The summed E-state index contributed by atoms with van der Waals surface area (Å²) in [5, 5.41) is 2.55. The highest BCUT2D eigenvalue weighted by Crippen LogP contribution is 2.01. The van der Waals surface area contributed by atoms with Crippen molar-refractivity contribution in [2.45, 2.75) is 0 Å². The molecule has 3 amide bonds. The fourth-order valence-electron chi connectivity index (χ4n) is 1.32. The van der Waals surface area contributed by atoms with Crippen molar-refractivity contribution in [2.24, 2.45) is 0 Å². The van der Waals surface area contributed by atoms with Gasteiger partial charge in [0.05, 0.1) is 0 Å². The van der Waals surface area contributed by atoms with Crippen LogP contribution >= 0.6 is 0 Å². The molecule has 0 aromatic carbocycles. The molecule has 0 aromatic heterocycles. The second kappa shape index (κ2) is 4.11. The summed E-state index contributed by atoms with van der Waals surface area (Å²) in [6, 6.07) is -0.0869. The van der Waals surface area contributed by atoms with E-state index in [4.69, 9.17) is 0 Å². The molecule has 0 spiro atoms. The van der Waals surface area contributed by atoms with Crippen molar-refractivity contribution in [3.05, 3.63) is 6.92 Å². The van der Waals surface area contributed by atoms with Gasteiger partial charge < -0.3 is 15.1 Å². The molecule has 1 aliphatic heterocycles. The summed E-state index contributed by atoms with van der Waals surface area (Å²) in [5.41, 5.74) is 0. The van der Waals surface area contributed by atoms with Crippen LogP contribution < -0.4 is 5.32 Å². The summed E-state index contributed by atoms with van der Waals surface area (Å²) in [6.45, 7) is 5.65. The predicted molar refractivity (Wildman–Crippen MR) is 48.0 cm³/mol. The average molecular weight is 184 g/mol. The van der Waals surface area contributed by atoms with Crippen molar-refractivity contribution in [2.75, 3.05) is 33.2 Å². The van der Waals surface area contributed by atoms with Gasteiger partial charge in [0.15, 0.2) is 0 Å².